The van der Waals surface area contributed by atoms with Gasteiger partial charge in [0.05, 0.1) is 17.5 Å². The first-order valence-corrected chi connectivity index (χ1v) is 11.2. The van der Waals surface area contributed by atoms with E-state index in [2.05, 4.69) is 16.5 Å². The van der Waals surface area contributed by atoms with E-state index in [1.807, 2.05) is 10.6 Å². The van der Waals surface area contributed by atoms with Gasteiger partial charge in [-0.3, -0.25) is 0 Å². The van der Waals surface area contributed by atoms with Crippen LogP contribution in [0.4, 0.5) is 19.1 Å². The number of anilines is 1. The van der Waals surface area contributed by atoms with Gasteiger partial charge in [0.25, 0.3) is 0 Å². The van der Waals surface area contributed by atoms with Crippen molar-refractivity contribution in [3.8, 4) is 0 Å². The van der Waals surface area contributed by atoms with Crippen LogP contribution in [0.25, 0.3) is 10.9 Å². The molecule has 1 aromatic carbocycles. The molecular formula is C20H19F3N4O3S. The lowest BCUT2D eigenvalue weighted by molar-refractivity contribution is -0.141. The maximum Gasteiger partial charge on any atom is 0.433 e. The van der Waals surface area contributed by atoms with Crippen LogP contribution in [0, 0.1) is 0 Å². The first-order chi connectivity index (χ1) is 14.5. The summed E-state index contributed by atoms with van der Waals surface area (Å²) in [5.41, 5.74) is 0.624. The third-order valence-electron chi connectivity index (χ3n) is 5.30. The number of benzene rings is 1. The van der Waals surface area contributed by atoms with Crippen LogP contribution in [-0.2, 0) is 29.2 Å². The Kier molecular flexibility index (Phi) is 5.05. The molecule has 1 N–H and O–H groups in total. The molecule has 4 rings (SSSR count). The lowest BCUT2D eigenvalue weighted by Crippen LogP contribution is -2.38. The largest absolute Gasteiger partial charge is 0.433 e. The fraction of sp³-hybridized carbons (Fsp3) is 0.300. The predicted molar refractivity (Wildman–Crippen MR) is 108 cm³/mol. The van der Waals surface area contributed by atoms with E-state index < -0.39 is 34.4 Å². The second kappa shape index (κ2) is 7.34. The highest BCUT2D eigenvalue weighted by Gasteiger charge is 2.35. The van der Waals surface area contributed by atoms with Gasteiger partial charge < -0.3 is 14.6 Å². The van der Waals surface area contributed by atoms with E-state index in [4.69, 9.17) is 0 Å². The van der Waals surface area contributed by atoms with E-state index in [9.17, 15) is 26.7 Å². The van der Waals surface area contributed by atoms with Gasteiger partial charge in [0.1, 0.15) is 5.69 Å². The molecule has 11 heteroatoms. The number of sulfone groups is 1. The first-order valence-electron chi connectivity index (χ1n) is 9.31. The molecule has 7 nitrogen and oxygen atoms in total. The Bertz CT molecular complexity index is 1280. The summed E-state index contributed by atoms with van der Waals surface area (Å²) in [4.78, 5) is 9.38. The van der Waals surface area contributed by atoms with E-state index in [0.717, 1.165) is 18.5 Å². The molecule has 0 aliphatic carbocycles. The van der Waals surface area contributed by atoms with Gasteiger partial charge in [-0.1, -0.05) is 6.08 Å². The molecule has 1 aliphatic rings. The molecule has 0 saturated heterocycles. The van der Waals surface area contributed by atoms with Crippen LogP contribution in [0.1, 0.15) is 23.0 Å². The summed E-state index contributed by atoms with van der Waals surface area (Å²) in [5.74, 6) is -0.0656. The Morgan fingerprint density at radius 2 is 2.03 bits per heavy atom. The molecule has 3 heterocycles. The number of halogens is 3. The van der Waals surface area contributed by atoms with Crippen LogP contribution in [0.5, 0.6) is 0 Å². The molecule has 1 aliphatic heterocycles. The smallest absolute Gasteiger partial charge is 0.392 e. The third kappa shape index (κ3) is 3.68. The number of hydrogen-bond donors (Lipinski definition) is 1. The van der Waals surface area contributed by atoms with Crippen molar-refractivity contribution in [2.75, 3.05) is 17.7 Å². The molecule has 0 bridgehead atoms. The van der Waals surface area contributed by atoms with Crippen molar-refractivity contribution in [2.45, 2.75) is 30.3 Å². The number of alkyl halides is 3. The fourth-order valence-corrected chi connectivity index (χ4v) is 4.87. The number of fused-ring (bicyclic) bond motifs is 3. The first kappa shape index (κ1) is 21.3. The van der Waals surface area contributed by atoms with Gasteiger partial charge in [0.15, 0.2) is 9.84 Å². The van der Waals surface area contributed by atoms with Crippen molar-refractivity contribution < 1.29 is 26.7 Å². The van der Waals surface area contributed by atoms with Crippen LogP contribution >= 0.6 is 0 Å². The highest BCUT2D eigenvalue weighted by Crippen LogP contribution is 2.37. The molecule has 164 valence electrons. The molecular weight excluding hydrogens is 433 g/mol. The van der Waals surface area contributed by atoms with Gasteiger partial charge >= 0.3 is 6.18 Å². The number of aliphatic hydroxyl groups is 1. The Labute approximate surface area is 176 Å². The van der Waals surface area contributed by atoms with Crippen molar-refractivity contribution in [1.29, 1.82) is 0 Å². The normalized spacial score (nSPS) is 17.1. The van der Waals surface area contributed by atoms with Gasteiger partial charge in [-0.2, -0.15) is 13.2 Å². The fourth-order valence-electron chi connectivity index (χ4n) is 3.95. The minimum Gasteiger partial charge on any atom is -0.392 e. The molecule has 31 heavy (non-hydrogen) atoms. The Morgan fingerprint density at radius 1 is 1.29 bits per heavy atom. The molecule has 0 radical (unpaired) electrons. The minimum absolute atomic E-state index is 0.0437. The van der Waals surface area contributed by atoms with Gasteiger partial charge in [0, 0.05) is 42.1 Å². The maximum atomic E-state index is 13.1. The summed E-state index contributed by atoms with van der Waals surface area (Å²) in [5, 5.41) is 10.3. The number of hydrogen-bond acceptors (Lipinski definition) is 6. The van der Waals surface area contributed by atoms with Crippen LogP contribution in [0.2, 0.25) is 0 Å². The van der Waals surface area contributed by atoms with Crippen LogP contribution < -0.4 is 4.90 Å². The lowest BCUT2D eigenvalue weighted by Gasteiger charge is -2.35. The second-order valence-electron chi connectivity index (χ2n) is 7.28. The molecule has 1 unspecified atom stereocenters. The number of rotatable bonds is 4. The van der Waals surface area contributed by atoms with Crippen molar-refractivity contribution in [3.63, 3.8) is 0 Å². The number of aromatic nitrogens is 3. The van der Waals surface area contributed by atoms with Crippen LogP contribution in [0.3, 0.4) is 0 Å². The summed E-state index contributed by atoms with van der Waals surface area (Å²) in [6.07, 6.45) is -0.860. The Balaban J connectivity index is 1.84. The molecule has 3 aromatic rings. The number of nitrogens with zero attached hydrogens (tertiary/aromatic N) is 4. The highest BCUT2D eigenvalue weighted by atomic mass is 32.2. The maximum absolute atomic E-state index is 13.1. The minimum atomic E-state index is -4.59. The Hall–Kier alpha value is -2.92. The van der Waals surface area contributed by atoms with Gasteiger partial charge in [0.2, 0.25) is 5.95 Å². The van der Waals surface area contributed by atoms with Crippen molar-refractivity contribution in [2.24, 2.45) is 0 Å². The van der Waals surface area contributed by atoms with Crippen LogP contribution in [-0.4, -0.2) is 40.9 Å². The molecule has 0 spiro atoms. The molecule has 0 amide bonds. The van der Waals surface area contributed by atoms with Crippen LogP contribution in [0.15, 0.2) is 48.0 Å². The lowest BCUT2D eigenvalue weighted by atomic mass is 10.1. The van der Waals surface area contributed by atoms with E-state index >= 15 is 0 Å². The van der Waals surface area contributed by atoms with Gasteiger partial charge in [-0.25, -0.2) is 18.4 Å². The summed E-state index contributed by atoms with van der Waals surface area (Å²) in [6.45, 7) is 4.06. The molecule has 0 fully saturated rings. The van der Waals surface area contributed by atoms with Crippen molar-refractivity contribution in [1.82, 2.24) is 14.5 Å². The van der Waals surface area contributed by atoms with Gasteiger partial charge in [-0.15, -0.1) is 6.58 Å². The SMILES string of the molecule is C=CC1c2cc3cc(CO)c(S(C)(=O)=O)cc3n2CCN1c1nccc(C(F)(F)F)n1. The zero-order valence-electron chi connectivity index (χ0n) is 16.5. The van der Waals surface area contributed by atoms with Crippen molar-refractivity contribution in [3.05, 3.63) is 60.1 Å². The summed E-state index contributed by atoms with van der Waals surface area (Å²) in [6, 6.07) is 5.24. The summed E-state index contributed by atoms with van der Waals surface area (Å²) in [7, 11) is -3.56. The standard InChI is InChI=1S/C20H19F3N4O3S/c1-3-14-16-9-12-8-13(11-28)17(31(2,29)30)10-15(12)26(16)6-7-27(14)19-24-5-4-18(25-19)20(21,22)23/h3-5,8-10,14,28H,1,6-7,11H2,2H3. The summed E-state index contributed by atoms with van der Waals surface area (Å²) >= 11 is 0. The zero-order chi connectivity index (χ0) is 22.6. The molecule has 2 aromatic heterocycles. The van der Waals surface area contributed by atoms with Crippen molar-refractivity contribution >= 4 is 26.7 Å². The highest BCUT2D eigenvalue weighted by molar-refractivity contribution is 7.90. The third-order valence-corrected chi connectivity index (χ3v) is 6.48. The average molecular weight is 452 g/mol. The van der Waals surface area contributed by atoms with E-state index in [1.54, 1.807) is 17.0 Å². The van der Waals surface area contributed by atoms with Gasteiger partial charge in [-0.05, 0) is 29.8 Å². The number of aliphatic hydroxyl groups excluding tert-OH is 1. The van der Waals surface area contributed by atoms with E-state index in [-0.39, 0.29) is 16.4 Å². The Morgan fingerprint density at radius 3 is 2.65 bits per heavy atom. The zero-order valence-corrected chi connectivity index (χ0v) is 17.3. The van der Waals surface area contributed by atoms with E-state index in [0.29, 0.717) is 29.7 Å². The topological polar surface area (TPSA) is 88.3 Å². The average Bonchev–Trinajstić information content (AvgIpc) is 3.08. The quantitative estimate of drug-likeness (QED) is 0.612. The molecule has 1 atom stereocenters. The second-order valence-corrected chi connectivity index (χ2v) is 9.27. The summed E-state index contributed by atoms with van der Waals surface area (Å²) < 4.78 is 65.5. The predicted octanol–water partition coefficient (Wildman–Crippen LogP) is 3.09. The monoisotopic (exact) mass is 452 g/mol. The van der Waals surface area contributed by atoms with E-state index in [1.165, 1.54) is 6.07 Å². The molecule has 0 saturated carbocycles.